The van der Waals surface area contributed by atoms with E-state index < -0.39 is 0 Å². The van der Waals surface area contributed by atoms with Crippen LogP contribution in [0.3, 0.4) is 0 Å². The summed E-state index contributed by atoms with van der Waals surface area (Å²) in [4.78, 5) is 6.29. The molecule has 5 nitrogen and oxygen atoms in total. The lowest BCUT2D eigenvalue weighted by molar-refractivity contribution is -0.101. The molecule has 0 aliphatic carbocycles. The Hall–Kier alpha value is -1.04. The number of morpholine rings is 1. The van der Waals surface area contributed by atoms with Crippen LogP contribution >= 0.6 is 11.6 Å². The van der Waals surface area contributed by atoms with Gasteiger partial charge in [-0.2, -0.15) is 0 Å². The molecule has 2 heterocycles. The van der Waals surface area contributed by atoms with Gasteiger partial charge in [-0.3, -0.25) is 0 Å². The standard InChI is InChI=1S/C12H18ClN3O2/c1-12(2)7-16(5-9(6-17)18-12)11-10(13)3-8(14)4-15-11/h3-4,9,17H,5-7,14H2,1-2H3. The lowest BCUT2D eigenvalue weighted by atomic mass is 10.1. The summed E-state index contributed by atoms with van der Waals surface area (Å²) in [5.41, 5.74) is 5.82. The van der Waals surface area contributed by atoms with Gasteiger partial charge in [-0.25, -0.2) is 4.98 Å². The van der Waals surface area contributed by atoms with Crippen LogP contribution in [-0.4, -0.2) is 41.5 Å². The van der Waals surface area contributed by atoms with Gasteiger partial charge in [0, 0.05) is 13.1 Å². The number of anilines is 2. The fourth-order valence-electron chi connectivity index (χ4n) is 2.23. The summed E-state index contributed by atoms with van der Waals surface area (Å²) < 4.78 is 5.75. The molecule has 1 atom stereocenters. The molecule has 1 aliphatic rings. The molecular formula is C12H18ClN3O2. The van der Waals surface area contributed by atoms with E-state index in [9.17, 15) is 5.11 Å². The first-order valence-electron chi connectivity index (χ1n) is 5.86. The Bertz CT molecular complexity index is 439. The van der Waals surface area contributed by atoms with Crippen LogP contribution < -0.4 is 10.6 Å². The average Bonchev–Trinajstić information content (AvgIpc) is 2.26. The molecule has 0 amide bonds. The van der Waals surface area contributed by atoms with E-state index in [0.29, 0.717) is 29.6 Å². The van der Waals surface area contributed by atoms with Crippen LogP contribution in [0.15, 0.2) is 12.3 Å². The van der Waals surface area contributed by atoms with E-state index in [-0.39, 0.29) is 18.3 Å². The van der Waals surface area contributed by atoms with E-state index in [2.05, 4.69) is 4.98 Å². The Morgan fingerprint density at radius 3 is 3.00 bits per heavy atom. The van der Waals surface area contributed by atoms with Gasteiger partial charge < -0.3 is 20.5 Å². The van der Waals surface area contributed by atoms with Crippen LogP contribution in [0.2, 0.25) is 5.02 Å². The Morgan fingerprint density at radius 2 is 2.39 bits per heavy atom. The molecule has 1 unspecified atom stereocenters. The molecule has 1 aromatic heterocycles. The van der Waals surface area contributed by atoms with Crippen molar-refractivity contribution in [2.45, 2.75) is 25.6 Å². The molecule has 0 spiro atoms. The van der Waals surface area contributed by atoms with Crippen molar-refractivity contribution in [2.75, 3.05) is 30.3 Å². The van der Waals surface area contributed by atoms with Crippen molar-refractivity contribution < 1.29 is 9.84 Å². The highest BCUT2D eigenvalue weighted by Crippen LogP contribution is 2.30. The van der Waals surface area contributed by atoms with Gasteiger partial charge in [-0.1, -0.05) is 11.6 Å². The number of ether oxygens (including phenoxy) is 1. The highest BCUT2D eigenvalue weighted by Gasteiger charge is 2.34. The van der Waals surface area contributed by atoms with Gasteiger partial charge in [0.15, 0.2) is 0 Å². The van der Waals surface area contributed by atoms with Gasteiger partial charge >= 0.3 is 0 Å². The van der Waals surface area contributed by atoms with Crippen LogP contribution in [0.1, 0.15) is 13.8 Å². The predicted octanol–water partition coefficient (Wildman–Crippen LogP) is 1.29. The van der Waals surface area contributed by atoms with E-state index in [4.69, 9.17) is 22.1 Å². The maximum atomic E-state index is 9.28. The molecule has 2 rings (SSSR count). The SMILES string of the molecule is CC1(C)CN(c2ncc(N)cc2Cl)CC(CO)O1. The van der Waals surface area contributed by atoms with Crippen LogP contribution in [0, 0.1) is 0 Å². The molecule has 1 saturated heterocycles. The molecule has 0 saturated carbocycles. The largest absolute Gasteiger partial charge is 0.397 e. The summed E-state index contributed by atoms with van der Waals surface area (Å²) in [5, 5.41) is 9.79. The quantitative estimate of drug-likeness (QED) is 0.848. The van der Waals surface area contributed by atoms with Crippen LogP contribution in [0.4, 0.5) is 11.5 Å². The average molecular weight is 272 g/mol. The van der Waals surface area contributed by atoms with Crippen molar-refractivity contribution >= 4 is 23.1 Å². The van der Waals surface area contributed by atoms with E-state index >= 15 is 0 Å². The minimum Gasteiger partial charge on any atom is -0.397 e. The van der Waals surface area contributed by atoms with Crippen LogP contribution in [0.25, 0.3) is 0 Å². The van der Waals surface area contributed by atoms with Gasteiger partial charge in [0.05, 0.1) is 35.2 Å². The van der Waals surface area contributed by atoms with Crippen molar-refractivity contribution in [3.63, 3.8) is 0 Å². The summed E-state index contributed by atoms with van der Waals surface area (Å²) >= 11 is 6.16. The van der Waals surface area contributed by atoms with Crippen molar-refractivity contribution in [1.29, 1.82) is 0 Å². The van der Waals surface area contributed by atoms with Crippen molar-refractivity contribution in [3.8, 4) is 0 Å². The van der Waals surface area contributed by atoms with Gasteiger partial charge in [-0.05, 0) is 19.9 Å². The van der Waals surface area contributed by atoms with Crippen molar-refractivity contribution in [3.05, 3.63) is 17.3 Å². The highest BCUT2D eigenvalue weighted by atomic mass is 35.5. The molecule has 18 heavy (non-hydrogen) atoms. The fraction of sp³-hybridized carbons (Fsp3) is 0.583. The first-order valence-corrected chi connectivity index (χ1v) is 6.24. The molecule has 0 aromatic carbocycles. The topological polar surface area (TPSA) is 71.6 Å². The second kappa shape index (κ2) is 4.91. The number of halogens is 1. The number of aromatic nitrogens is 1. The third kappa shape index (κ3) is 2.85. The Labute approximate surface area is 112 Å². The van der Waals surface area contributed by atoms with Crippen LogP contribution in [0.5, 0.6) is 0 Å². The van der Waals surface area contributed by atoms with E-state index in [0.717, 1.165) is 0 Å². The minimum atomic E-state index is -0.349. The third-order valence-electron chi connectivity index (χ3n) is 2.83. The van der Waals surface area contributed by atoms with Crippen molar-refractivity contribution in [1.82, 2.24) is 4.98 Å². The van der Waals surface area contributed by atoms with Gasteiger partial charge in [-0.15, -0.1) is 0 Å². The predicted molar refractivity (Wildman–Crippen MR) is 71.9 cm³/mol. The molecule has 0 radical (unpaired) electrons. The number of rotatable bonds is 2. The number of pyridine rings is 1. The van der Waals surface area contributed by atoms with Gasteiger partial charge in [0.2, 0.25) is 0 Å². The van der Waals surface area contributed by atoms with Crippen molar-refractivity contribution in [2.24, 2.45) is 0 Å². The van der Waals surface area contributed by atoms with E-state index in [1.54, 1.807) is 12.3 Å². The summed E-state index contributed by atoms with van der Waals surface area (Å²) in [7, 11) is 0. The number of aliphatic hydroxyl groups is 1. The highest BCUT2D eigenvalue weighted by molar-refractivity contribution is 6.33. The zero-order valence-electron chi connectivity index (χ0n) is 10.6. The second-order valence-corrected chi connectivity index (χ2v) is 5.54. The van der Waals surface area contributed by atoms with Crippen LogP contribution in [-0.2, 0) is 4.74 Å². The Balaban J connectivity index is 2.26. The summed E-state index contributed by atoms with van der Waals surface area (Å²) in [6.45, 7) is 5.17. The Kier molecular flexibility index (Phi) is 3.66. The van der Waals surface area contributed by atoms with Gasteiger partial charge in [0.25, 0.3) is 0 Å². The smallest absolute Gasteiger partial charge is 0.147 e. The number of nitrogens with zero attached hydrogens (tertiary/aromatic N) is 2. The maximum absolute atomic E-state index is 9.28. The third-order valence-corrected chi connectivity index (χ3v) is 3.11. The molecule has 1 aromatic rings. The molecule has 0 bridgehead atoms. The number of nitrogens with two attached hydrogens (primary N) is 1. The second-order valence-electron chi connectivity index (χ2n) is 5.14. The molecule has 1 aliphatic heterocycles. The summed E-state index contributed by atoms with van der Waals surface area (Å²) in [6.07, 6.45) is 1.35. The molecule has 1 fully saturated rings. The lowest BCUT2D eigenvalue weighted by Crippen LogP contribution is -2.54. The maximum Gasteiger partial charge on any atom is 0.147 e. The molecule has 6 heteroatoms. The Morgan fingerprint density at radius 1 is 1.67 bits per heavy atom. The number of nitrogen functional groups attached to an aromatic ring is 1. The summed E-state index contributed by atoms with van der Waals surface area (Å²) in [6, 6.07) is 1.68. The minimum absolute atomic E-state index is 0.0213. The first-order chi connectivity index (χ1) is 8.41. The number of hydrogen-bond acceptors (Lipinski definition) is 5. The fourth-order valence-corrected chi connectivity index (χ4v) is 2.52. The first kappa shape index (κ1) is 13.4. The van der Waals surface area contributed by atoms with E-state index in [1.165, 1.54) is 0 Å². The van der Waals surface area contributed by atoms with E-state index in [1.807, 2.05) is 18.7 Å². The number of aliphatic hydroxyl groups excluding tert-OH is 1. The number of hydrogen-bond donors (Lipinski definition) is 2. The lowest BCUT2D eigenvalue weighted by Gasteiger charge is -2.43. The zero-order chi connectivity index (χ0) is 13.3. The monoisotopic (exact) mass is 271 g/mol. The zero-order valence-corrected chi connectivity index (χ0v) is 11.3. The summed E-state index contributed by atoms with van der Waals surface area (Å²) in [5.74, 6) is 0.681. The molecular weight excluding hydrogens is 254 g/mol. The molecule has 3 N–H and O–H groups in total. The van der Waals surface area contributed by atoms with Gasteiger partial charge in [0.1, 0.15) is 5.82 Å². The normalized spacial score (nSPS) is 23.1. The molecule has 100 valence electrons.